The molecule has 1 amide bonds. The average Bonchev–Trinajstić information content (AvgIpc) is 3.61. The predicted octanol–water partition coefficient (Wildman–Crippen LogP) is 3.79. The van der Waals surface area contributed by atoms with Gasteiger partial charge in [-0.3, -0.25) is 14.7 Å². The largest absolute Gasteiger partial charge is 0.418 e. The number of carbonyl (C=O) groups is 1. The number of carbonyl (C=O) groups excluding carboxylic acids is 1. The van der Waals surface area contributed by atoms with E-state index >= 15 is 0 Å². The molecule has 2 fully saturated rings. The smallest absolute Gasteiger partial charge is 0.410 e. The summed E-state index contributed by atoms with van der Waals surface area (Å²) in [6, 6.07) is 12.8. The van der Waals surface area contributed by atoms with E-state index in [4.69, 9.17) is 10.5 Å². The van der Waals surface area contributed by atoms with Crippen molar-refractivity contribution in [2.45, 2.75) is 37.5 Å². The second-order valence-corrected chi connectivity index (χ2v) is 7.57. The highest BCUT2D eigenvalue weighted by molar-refractivity contribution is 5.85. The highest BCUT2D eigenvalue weighted by atomic mass is 16.6. The van der Waals surface area contributed by atoms with E-state index in [9.17, 15) is 4.79 Å². The summed E-state index contributed by atoms with van der Waals surface area (Å²) in [7, 11) is 3.69. The highest BCUT2D eigenvalue weighted by Crippen LogP contribution is 2.40. The van der Waals surface area contributed by atoms with Gasteiger partial charge in [0.25, 0.3) is 0 Å². The van der Waals surface area contributed by atoms with Gasteiger partial charge in [0, 0.05) is 38.1 Å². The van der Waals surface area contributed by atoms with Gasteiger partial charge in [-0.25, -0.2) is 4.79 Å². The van der Waals surface area contributed by atoms with Crippen LogP contribution in [0, 0.1) is 0 Å². The van der Waals surface area contributed by atoms with Crippen LogP contribution in [0.25, 0.3) is 0 Å². The number of nitrogens with zero attached hydrogens (tertiary/aromatic N) is 4. The van der Waals surface area contributed by atoms with Crippen molar-refractivity contribution in [3.63, 3.8) is 0 Å². The Morgan fingerprint density at radius 2 is 1.59 bits per heavy atom. The number of anilines is 2. The lowest BCUT2D eigenvalue weighted by Crippen LogP contribution is -2.18. The van der Waals surface area contributed by atoms with Crippen LogP contribution in [0.5, 0.6) is 5.75 Å². The first-order chi connectivity index (χ1) is 14.0. The molecule has 5 rings (SSSR count). The molecule has 0 radical (unpaired) electrons. The van der Waals surface area contributed by atoms with Gasteiger partial charge >= 0.3 is 6.09 Å². The van der Waals surface area contributed by atoms with Gasteiger partial charge in [-0.1, -0.05) is 18.2 Å². The van der Waals surface area contributed by atoms with Crippen LogP contribution >= 0.6 is 0 Å². The number of nitrogens with two attached hydrogens (primary N) is 1. The lowest BCUT2D eigenvalue weighted by atomic mass is 10.3. The minimum atomic E-state index is -0.503. The Morgan fingerprint density at radius 1 is 1.00 bits per heavy atom. The van der Waals surface area contributed by atoms with Crippen LogP contribution in [0.3, 0.4) is 0 Å². The zero-order valence-corrected chi connectivity index (χ0v) is 16.7. The van der Waals surface area contributed by atoms with Crippen molar-refractivity contribution < 1.29 is 9.53 Å². The maximum atomic E-state index is 11.8. The van der Waals surface area contributed by atoms with Crippen molar-refractivity contribution in [3.05, 3.63) is 53.9 Å². The van der Waals surface area contributed by atoms with Gasteiger partial charge in [-0.05, 0) is 37.8 Å². The maximum Gasteiger partial charge on any atom is 0.418 e. The van der Waals surface area contributed by atoms with Crippen molar-refractivity contribution in [3.8, 4) is 5.75 Å². The van der Waals surface area contributed by atoms with Crippen molar-refractivity contribution >= 4 is 17.7 Å². The normalized spacial score (nSPS) is 15.4. The van der Waals surface area contributed by atoms with Crippen molar-refractivity contribution in [2.24, 2.45) is 14.1 Å². The van der Waals surface area contributed by atoms with Crippen LogP contribution in [-0.4, -0.2) is 25.7 Å². The van der Waals surface area contributed by atoms with Gasteiger partial charge in [-0.2, -0.15) is 10.2 Å². The number of nitrogens with one attached hydrogen (secondary N) is 1. The summed E-state index contributed by atoms with van der Waals surface area (Å²) in [6.07, 6.45) is 4.44. The molecule has 3 N–H and O–H groups in total. The molecule has 2 aromatic heterocycles. The first-order valence-corrected chi connectivity index (χ1v) is 9.87. The Bertz CT molecular complexity index is 967. The molecule has 0 atom stereocenters. The summed E-state index contributed by atoms with van der Waals surface area (Å²) in [6.45, 7) is 0. The van der Waals surface area contributed by atoms with Crippen LogP contribution in [0.1, 0.15) is 48.9 Å². The molecule has 29 heavy (non-hydrogen) atoms. The first kappa shape index (κ1) is 19.0. The summed E-state index contributed by atoms with van der Waals surface area (Å²) in [5.41, 5.74) is 7.81. The van der Waals surface area contributed by atoms with E-state index in [1.54, 1.807) is 21.5 Å². The standard InChI is InChI=1S/C14H15N3O2.C7H11N3/c1-17-13(9-12(16-17)10-7-8-10)15-14(18)19-11-5-3-2-4-6-11;1-10-7(8)4-6(9-10)5-2-3-5/h2-6,9-10H,7-8H2,1H3,(H,15,18);4-5H,2-3,8H2,1H3. The molecular weight excluding hydrogens is 368 g/mol. The molecular formula is C21H26N6O2. The van der Waals surface area contributed by atoms with E-state index in [1.807, 2.05) is 44.4 Å². The number of amides is 1. The lowest BCUT2D eigenvalue weighted by molar-refractivity contribution is 0.215. The van der Waals surface area contributed by atoms with Crippen LogP contribution in [0.4, 0.5) is 16.4 Å². The van der Waals surface area contributed by atoms with Crippen molar-refractivity contribution in [1.82, 2.24) is 19.6 Å². The quantitative estimate of drug-likeness (QED) is 0.701. The summed E-state index contributed by atoms with van der Waals surface area (Å²) < 4.78 is 8.56. The molecule has 152 valence electrons. The zero-order chi connectivity index (χ0) is 20.4. The van der Waals surface area contributed by atoms with Crippen LogP contribution in [0.2, 0.25) is 0 Å². The number of para-hydroxylation sites is 1. The summed E-state index contributed by atoms with van der Waals surface area (Å²) in [4.78, 5) is 11.8. The number of hydrogen-bond donors (Lipinski definition) is 2. The van der Waals surface area contributed by atoms with E-state index in [1.165, 1.54) is 31.4 Å². The van der Waals surface area contributed by atoms with Crippen molar-refractivity contribution in [1.29, 1.82) is 0 Å². The zero-order valence-electron chi connectivity index (χ0n) is 16.7. The molecule has 0 aliphatic heterocycles. The summed E-state index contributed by atoms with van der Waals surface area (Å²) >= 11 is 0. The number of ether oxygens (including phenoxy) is 1. The minimum Gasteiger partial charge on any atom is -0.410 e. The molecule has 0 saturated heterocycles. The fourth-order valence-corrected chi connectivity index (χ4v) is 2.99. The van der Waals surface area contributed by atoms with Gasteiger partial charge in [0.05, 0.1) is 11.4 Å². The summed E-state index contributed by atoms with van der Waals surface area (Å²) in [5, 5.41) is 11.3. The van der Waals surface area contributed by atoms with Gasteiger partial charge in [0.2, 0.25) is 0 Å². The van der Waals surface area contributed by atoms with Crippen LogP contribution in [0.15, 0.2) is 42.5 Å². The maximum absolute atomic E-state index is 11.8. The Balaban J connectivity index is 0.000000171. The highest BCUT2D eigenvalue weighted by Gasteiger charge is 2.27. The molecule has 3 aromatic rings. The molecule has 2 aliphatic rings. The van der Waals surface area contributed by atoms with E-state index in [-0.39, 0.29) is 0 Å². The van der Waals surface area contributed by atoms with Gasteiger partial charge in [-0.15, -0.1) is 0 Å². The Morgan fingerprint density at radius 3 is 2.14 bits per heavy atom. The fraction of sp³-hybridized carbons (Fsp3) is 0.381. The predicted molar refractivity (Wildman–Crippen MR) is 111 cm³/mol. The molecule has 0 unspecified atom stereocenters. The van der Waals surface area contributed by atoms with E-state index < -0.39 is 6.09 Å². The minimum absolute atomic E-state index is 0.503. The number of benzene rings is 1. The van der Waals surface area contributed by atoms with E-state index in [0.29, 0.717) is 23.4 Å². The lowest BCUT2D eigenvalue weighted by Gasteiger charge is -2.05. The Hall–Kier alpha value is -3.29. The van der Waals surface area contributed by atoms with Crippen LogP contribution < -0.4 is 15.8 Å². The average molecular weight is 394 g/mol. The number of nitrogen functional groups attached to an aromatic ring is 1. The topological polar surface area (TPSA) is 100.0 Å². The number of hydrogen-bond acceptors (Lipinski definition) is 5. The molecule has 8 nitrogen and oxygen atoms in total. The Labute approximate surface area is 169 Å². The molecule has 1 aromatic carbocycles. The van der Waals surface area contributed by atoms with Crippen LogP contribution in [-0.2, 0) is 14.1 Å². The third-order valence-electron chi connectivity index (χ3n) is 5.01. The van der Waals surface area contributed by atoms with E-state index in [2.05, 4.69) is 15.5 Å². The van der Waals surface area contributed by atoms with Gasteiger partial charge in [0.15, 0.2) is 0 Å². The SMILES string of the molecule is Cn1nc(C2CC2)cc1N.Cn1nc(C2CC2)cc1NC(=O)Oc1ccccc1. The van der Waals surface area contributed by atoms with Gasteiger partial charge in [0.1, 0.15) is 17.4 Å². The summed E-state index contributed by atoms with van der Waals surface area (Å²) in [5.74, 6) is 3.21. The van der Waals surface area contributed by atoms with Gasteiger partial charge < -0.3 is 10.5 Å². The third kappa shape index (κ3) is 4.96. The molecule has 8 heteroatoms. The second kappa shape index (κ2) is 7.98. The number of rotatable bonds is 4. The Kier molecular flexibility index (Phi) is 5.24. The third-order valence-corrected chi connectivity index (χ3v) is 5.01. The number of aryl methyl sites for hydroxylation is 2. The molecule has 2 saturated carbocycles. The molecule has 2 heterocycles. The first-order valence-electron chi connectivity index (χ1n) is 9.87. The van der Waals surface area contributed by atoms with E-state index in [0.717, 1.165) is 11.5 Å². The molecule has 2 aliphatic carbocycles. The monoisotopic (exact) mass is 394 g/mol. The molecule has 0 bridgehead atoms. The second-order valence-electron chi connectivity index (χ2n) is 7.57. The van der Waals surface area contributed by atoms with Crippen molar-refractivity contribution in [2.75, 3.05) is 11.1 Å². The molecule has 0 spiro atoms. The number of aromatic nitrogens is 4. The fourth-order valence-electron chi connectivity index (χ4n) is 2.99.